The van der Waals surface area contributed by atoms with Gasteiger partial charge in [-0.3, -0.25) is 0 Å². The first kappa shape index (κ1) is 6.64. The predicted octanol–water partition coefficient (Wildman–Crippen LogP) is -0.166. The Morgan fingerprint density at radius 3 is 3.31 bits per heavy atom. The molecule has 0 aromatic carbocycles. The van der Waals surface area contributed by atoms with Crippen LogP contribution in [0.25, 0.3) is 11.2 Å². The van der Waals surface area contributed by atoms with Gasteiger partial charge in [-0.1, -0.05) is 0 Å². The quantitative estimate of drug-likeness (QED) is 0.582. The summed E-state index contributed by atoms with van der Waals surface area (Å²) in [4.78, 5) is 12.2. The molecule has 2 aromatic rings. The highest BCUT2D eigenvalue weighted by Gasteiger charge is 2.16. The SMILES string of the molecule is Nc1ncc2c(n1)nc1n2CCN1. The zero-order chi connectivity index (χ0) is 8.84. The molecule has 13 heavy (non-hydrogen) atoms. The van der Waals surface area contributed by atoms with E-state index < -0.39 is 0 Å². The van der Waals surface area contributed by atoms with Gasteiger partial charge >= 0.3 is 0 Å². The number of hydrogen-bond donors (Lipinski definition) is 2. The summed E-state index contributed by atoms with van der Waals surface area (Å²) in [6, 6.07) is 0. The smallest absolute Gasteiger partial charge is 0.222 e. The molecule has 3 rings (SSSR count). The fourth-order valence-corrected chi connectivity index (χ4v) is 1.57. The molecule has 6 heteroatoms. The van der Waals surface area contributed by atoms with Crippen LogP contribution < -0.4 is 11.1 Å². The number of imidazole rings is 1. The van der Waals surface area contributed by atoms with Crippen molar-refractivity contribution < 1.29 is 0 Å². The Balaban J connectivity index is 2.38. The molecule has 1 aliphatic heterocycles. The molecule has 2 aromatic heterocycles. The van der Waals surface area contributed by atoms with Crippen molar-refractivity contribution in [2.24, 2.45) is 0 Å². The molecule has 0 saturated carbocycles. The highest BCUT2D eigenvalue weighted by molar-refractivity contribution is 5.75. The topological polar surface area (TPSA) is 81.7 Å². The molecule has 0 aliphatic carbocycles. The van der Waals surface area contributed by atoms with Crippen LogP contribution in [0.2, 0.25) is 0 Å². The molecule has 66 valence electrons. The Morgan fingerprint density at radius 1 is 1.46 bits per heavy atom. The van der Waals surface area contributed by atoms with Gasteiger partial charge in [0, 0.05) is 13.1 Å². The van der Waals surface area contributed by atoms with Crippen molar-refractivity contribution >= 4 is 23.1 Å². The highest BCUT2D eigenvalue weighted by Crippen LogP contribution is 2.20. The van der Waals surface area contributed by atoms with Crippen molar-refractivity contribution in [2.75, 3.05) is 17.6 Å². The molecule has 3 N–H and O–H groups in total. The van der Waals surface area contributed by atoms with E-state index in [2.05, 4.69) is 24.8 Å². The van der Waals surface area contributed by atoms with Gasteiger partial charge in [0.2, 0.25) is 11.9 Å². The van der Waals surface area contributed by atoms with Crippen molar-refractivity contribution in [3.8, 4) is 0 Å². The van der Waals surface area contributed by atoms with Crippen LogP contribution in [-0.2, 0) is 6.54 Å². The molecular weight excluding hydrogens is 168 g/mol. The first-order valence-electron chi connectivity index (χ1n) is 4.07. The number of nitrogens with two attached hydrogens (primary N) is 1. The van der Waals surface area contributed by atoms with E-state index in [-0.39, 0.29) is 5.95 Å². The second kappa shape index (κ2) is 2.09. The lowest BCUT2D eigenvalue weighted by Crippen LogP contribution is -1.98. The van der Waals surface area contributed by atoms with Crippen molar-refractivity contribution in [1.82, 2.24) is 19.5 Å². The van der Waals surface area contributed by atoms with Crippen molar-refractivity contribution in [3.63, 3.8) is 0 Å². The van der Waals surface area contributed by atoms with Crippen LogP contribution in [0, 0.1) is 0 Å². The summed E-state index contributed by atoms with van der Waals surface area (Å²) in [5.41, 5.74) is 7.05. The summed E-state index contributed by atoms with van der Waals surface area (Å²) in [5.74, 6) is 1.12. The zero-order valence-electron chi connectivity index (χ0n) is 6.86. The Hall–Kier alpha value is -1.85. The van der Waals surface area contributed by atoms with Crippen molar-refractivity contribution in [2.45, 2.75) is 6.54 Å². The number of nitrogen functional groups attached to an aromatic ring is 1. The third kappa shape index (κ3) is 0.793. The minimum atomic E-state index is 0.268. The fourth-order valence-electron chi connectivity index (χ4n) is 1.57. The summed E-state index contributed by atoms with van der Waals surface area (Å²) < 4.78 is 2.05. The maximum atomic E-state index is 5.45. The van der Waals surface area contributed by atoms with E-state index in [1.54, 1.807) is 6.20 Å². The zero-order valence-corrected chi connectivity index (χ0v) is 6.86. The maximum absolute atomic E-state index is 5.45. The third-order valence-electron chi connectivity index (χ3n) is 2.15. The molecule has 0 atom stereocenters. The number of aromatic nitrogens is 4. The molecule has 6 nitrogen and oxygen atoms in total. The van der Waals surface area contributed by atoms with Crippen molar-refractivity contribution in [3.05, 3.63) is 6.20 Å². The lowest BCUT2D eigenvalue weighted by molar-refractivity contribution is 0.835. The Labute approximate surface area is 73.8 Å². The van der Waals surface area contributed by atoms with Gasteiger partial charge in [-0.05, 0) is 0 Å². The van der Waals surface area contributed by atoms with Crippen molar-refractivity contribution in [1.29, 1.82) is 0 Å². The summed E-state index contributed by atoms with van der Waals surface area (Å²) in [6.07, 6.45) is 1.71. The number of nitrogens with one attached hydrogen (secondary N) is 1. The number of rotatable bonds is 0. The molecule has 0 spiro atoms. The van der Waals surface area contributed by atoms with E-state index in [0.717, 1.165) is 24.6 Å². The van der Waals surface area contributed by atoms with Crippen LogP contribution in [0.4, 0.5) is 11.9 Å². The average molecular weight is 176 g/mol. The molecule has 1 aliphatic rings. The second-order valence-corrected chi connectivity index (χ2v) is 2.95. The van der Waals surface area contributed by atoms with Crippen LogP contribution in [0.5, 0.6) is 0 Å². The van der Waals surface area contributed by atoms with E-state index in [9.17, 15) is 0 Å². The molecule has 0 radical (unpaired) electrons. The van der Waals surface area contributed by atoms with Gasteiger partial charge in [-0.15, -0.1) is 0 Å². The largest absolute Gasteiger partial charge is 0.368 e. The standard InChI is InChI=1S/C7H8N6/c8-6-10-3-4-5(11-6)12-7-9-1-2-13(4)7/h3H,1-2H2,(H3,8,9,10,11,12). The normalized spacial score (nSPS) is 14.5. The van der Waals surface area contributed by atoms with Crippen LogP contribution in [0.1, 0.15) is 0 Å². The predicted molar refractivity (Wildman–Crippen MR) is 48.2 cm³/mol. The van der Waals surface area contributed by atoms with Gasteiger partial charge in [0.15, 0.2) is 5.65 Å². The lowest BCUT2D eigenvalue weighted by atomic mass is 10.5. The molecule has 0 saturated heterocycles. The van der Waals surface area contributed by atoms with Gasteiger partial charge in [0.25, 0.3) is 0 Å². The summed E-state index contributed by atoms with van der Waals surface area (Å²) in [7, 11) is 0. The highest BCUT2D eigenvalue weighted by atomic mass is 15.3. The van der Waals surface area contributed by atoms with Gasteiger partial charge in [-0.2, -0.15) is 9.97 Å². The molecule has 0 unspecified atom stereocenters. The number of hydrogen-bond acceptors (Lipinski definition) is 5. The van der Waals surface area contributed by atoms with Crippen LogP contribution >= 0.6 is 0 Å². The second-order valence-electron chi connectivity index (χ2n) is 2.95. The van der Waals surface area contributed by atoms with E-state index in [1.807, 2.05) is 0 Å². The van der Waals surface area contributed by atoms with Gasteiger partial charge in [-0.25, -0.2) is 4.98 Å². The third-order valence-corrected chi connectivity index (χ3v) is 2.15. The van der Waals surface area contributed by atoms with Crippen LogP contribution in [0.15, 0.2) is 6.20 Å². The first-order chi connectivity index (χ1) is 6.34. The molecule has 0 fully saturated rings. The average Bonchev–Trinajstić information content (AvgIpc) is 2.62. The minimum Gasteiger partial charge on any atom is -0.368 e. The summed E-state index contributed by atoms with van der Waals surface area (Å²) >= 11 is 0. The van der Waals surface area contributed by atoms with Gasteiger partial charge in [0.1, 0.15) is 5.52 Å². The first-order valence-corrected chi connectivity index (χ1v) is 4.07. The van der Waals surface area contributed by atoms with Gasteiger partial charge < -0.3 is 15.6 Å². The summed E-state index contributed by atoms with van der Waals surface area (Å²) in [6.45, 7) is 1.84. The van der Waals surface area contributed by atoms with E-state index in [0.29, 0.717) is 5.65 Å². The van der Waals surface area contributed by atoms with E-state index in [4.69, 9.17) is 5.73 Å². The monoisotopic (exact) mass is 176 g/mol. The number of nitrogens with zero attached hydrogens (tertiary/aromatic N) is 4. The Kier molecular flexibility index (Phi) is 1.07. The minimum absolute atomic E-state index is 0.268. The molecule has 0 amide bonds. The molecule has 3 heterocycles. The van der Waals surface area contributed by atoms with Crippen LogP contribution in [0.3, 0.4) is 0 Å². The molecule has 0 bridgehead atoms. The van der Waals surface area contributed by atoms with Crippen LogP contribution in [-0.4, -0.2) is 26.1 Å². The van der Waals surface area contributed by atoms with E-state index in [1.165, 1.54) is 0 Å². The van der Waals surface area contributed by atoms with Gasteiger partial charge in [0.05, 0.1) is 6.20 Å². The van der Waals surface area contributed by atoms with E-state index >= 15 is 0 Å². The summed E-state index contributed by atoms with van der Waals surface area (Å²) in [5, 5.41) is 3.15. The lowest BCUT2D eigenvalue weighted by Gasteiger charge is -1.94. The molecular formula is C7H8N6. The fraction of sp³-hybridized carbons (Fsp3) is 0.286. The Morgan fingerprint density at radius 2 is 2.38 bits per heavy atom. The Bertz CT molecular complexity index is 473. The maximum Gasteiger partial charge on any atom is 0.222 e. The number of anilines is 2. The number of fused-ring (bicyclic) bond motifs is 3.